The Hall–Kier alpha value is -3.97. The van der Waals surface area contributed by atoms with Crippen molar-refractivity contribution < 1.29 is 57.9 Å². The summed E-state index contributed by atoms with van der Waals surface area (Å²) in [6, 6.07) is 5.41. The van der Waals surface area contributed by atoms with E-state index in [9.17, 15) is 53.1 Å². The molecule has 3 aromatic rings. The fraction of sp³-hybridized carbons (Fsp3) is 0.0909. The summed E-state index contributed by atoms with van der Waals surface area (Å²) in [6.07, 6.45) is -9.52. The van der Waals surface area contributed by atoms with Crippen LogP contribution in [0.5, 0.6) is 0 Å². The number of nitrogens with zero attached hydrogens (tertiary/aromatic N) is 1. The lowest BCUT2D eigenvalue weighted by molar-refractivity contribution is -0.138. The summed E-state index contributed by atoms with van der Waals surface area (Å²) in [5.74, 6) is -14.8. The highest BCUT2D eigenvalue weighted by Gasteiger charge is 2.33. The number of halogens is 11. The van der Waals surface area contributed by atoms with Gasteiger partial charge in [-0.1, -0.05) is 29.4 Å². The first-order chi connectivity index (χ1) is 16.6. The molecule has 0 radical (unpaired) electrons. The Kier molecular flexibility index (Phi) is 7.09. The Bertz CT molecular complexity index is 1240. The van der Waals surface area contributed by atoms with Gasteiger partial charge < -0.3 is 4.84 Å². The van der Waals surface area contributed by atoms with Crippen molar-refractivity contribution in [3.05, 3.63) is 105 Å². The van der Waals surface area contributed by atoms with Crippen LogP contribution in [0.15, 0.2) is 53.7 Å². The van der Waals surface area contributed by atoms with E-state index in [1.165, 1.54) is 0 Å². The molecule has 0 aliphatic carbocycles. The minimum absolute atomic E-state index is 0.270. The number of rotatable bonds is 4. The largest absolute Gasteiger partial charge is 0.416 e. The molecule has 190 valence electrons. The number of hydrogen-bond acceptors (Lipinski definition) is 3. The Morgan fingerprint density at radius 3 is 1.25 bits per heavy atom. The number of carbonyl (C=O) groups is 1. The van der Waals surface area contributed by atoms with Gasteiger partial charge in [0.25, 0.3) is 0 Å². The summed E-state index contributed by atoms with van der Waals surface area (Å²) in [5.41, 5.74) is -5.42. The lowest BCUT2D eigenvalue weighted by Crippen LogP contribution is -2.15. The second-order valence-corrected chi connectivity index (χ2v) is 6.91. The summed E-state index contributed by atoms with van der Waals surface area (Å²) in [6.45, 7) is 0. The summed E-state index contributed by atoms with van der Waals surface area (Å²) >= 11 is 0. The lowest BCUT2D eigenvalue weighted by Gasteiger charge is -2.12. The van der Waals surface area contributed by atoms with Gasteiger partial charge in [0.15, 0.2) is 23.3 Å². The minimum Gasteiger partial charge on any atom is -0.312 e. The minimum atomic E-state index is -4.76. The molecule has 14 heteroatoms. The fourth-order valence-electron chi connectivity index (χ4n) is 2.82. The first-order valence-electron chi connectivity index (χ1n) is 9.29. The van der Waals surface area contributed by atoms with Crippen molar-refractivity contribution in [2.24, 2.45) is 5.16 Å². The number of benzene rings is 3. The van der Waals surface area contributed by atoms with Crippen LogP contribution < -0.4 is 0 Å². The molecular formula is C22H8F11NO2. The second-order valence-electron chi connectivity index (χ2n) is 6.91. The van der Waals surface area contributed by atoms with Gasteiger partial charge in [0.05, 0.1) is 11.1 Å². The first-order valence-corrected chi connectivity index (χ1v) is 9.29. The molecule has 0 spiro atoms. The summed E-state index contributed by atoms with van der Waals surface area (Å²) < 4.78 is 145. The third kappa shape index (κ3) is 5.31. The van der Waals surface area contributed by atoms with E-state index in [2.05, 4.69) is 9.99 Å². The highest BCUT2D eigenvalue weighted by atomic mass is 19.4. The molecule has 0 aromatic heterocycles. The van der Waals surface area contributed by atoms with Crippen LogP contribution in [0.1, 0.15) is 32.6 Å². The zero-order valence-electron chi connectivity index (χ0n) is 17.0. The molecule has 0 unspecified atom stereocenters. The summed E-state index contributed by atoms with van der Waals surface area (Å²) in [7, 11) is 0. The molecule has 36 heavy (non-hydrogen) atoms. The smallest absolute Gasteiger partial charge is 0.312 e. The molecule has 0 fully saturated rings. The van der Waals surface area contributed by atoms with Crippen LogP contribution in [0.4, 0.5) is 48.3 Å². The maximum atomic E-state index is 13.9. The maximum Gasteiger partial charge on any atom is 0.416 e. The Labute approximate surface area is 193 Å². The van der Waals surface area contributed by atoms with Crippen LogP contribution in [-0.4, -0.2) is 11.7 Å². The van der Waals surface area contributed by atoms with E-state index in [1.807, 2.05) is 0 Å². The van der Waals surface area contributed by atoms with Gasteiger partial charge in [-0.05, 0) is 24.3 Å². The van der Waals surface area contributed by atoms with Gasteiger partial charge in [0.1, 0.15) is 11.3 Å². The maximum absolute atomic E-state index is 13.9. The predicted molar refractivity (Wildman–Crippen MR) is 100 cm³/mol. The van der Waals surface area contributed by atoms with Crippen LogP contribution in [0.25, 0.3) is 0 Å². The Morgan fingerprint density at radius 2 is 0.917 bits per heavy atom. The fourth-order valence-corrected chi connectivity index (χ4v) is 2.82. The van der Waals surface area contributed by atoms with Crippen molar-refractivity contribution in [2.75, 3.05) is 0 Å². The molecule has 0 aliphatic rings. The summed E-state index contributed by atoms with van der Waals surface area (Å²) in [4.78, 5) is 16.4. The Balaban J connectivity index is 2.07. The van der Waals surface area contributed by atoms with Gasteiger partial charge in [0.2, 0.25) is 5.82 Å². The molecule has 0 amide bonds. The molecule has 3 nitrogen and oxygen atoms in total. The topological polar surface area (TPSA) is 38.7 Å². The van der Waals surface area contributed by atoms with Gasteiger partial charge in [-0.3, -0.25) is 0 Å². The predicted octanol–water partition coefficient (Wildman–Crippen LogP) is 7.03. The van der Waals surface area contributed by atoms with Gasteiger partial charge in [-0.25, -0.2) is 26.7 Å². The van der Waals surface area contributed by atoms with Crippen molar-refractivity contribution in [3.63, 3.8) is 0 Å². The van der Waals surface area contributed by atoms with Gasteiger partial charge in [0, 0.05) is 11.1 Å². The van der Waals surface area contributed by atoms with Crippen LogP contribution >= 0.6 is 0 Å². The molecular weight excluding hydrogens is 519 g/mol. The quantitative estimate of drug-likeness (QED) is 0.0913. The van der Waals surface area contributed by atoms with Gasteiger partial charge >= 0.3 is 18.3 Å². The van der Waals surface area contributed by atoms with Gasteiger partial charge in [-0.2, -0.15) is 26.3 Å². The van der Waals surface area contributed by atoms with E-state index in [-0.39, 0.29) is 11.1 Å². The summed E-state index contributed by atoms with van der Waals surface area (Å²) in [5, 5.41) is 3.22. The molecule has 0 saturated carbocycles. The lowest BCUT2D eigenvalue weighted by atomic mass is 10.00. The third-order valence-electron chi connectivity index (χ3n) is 4.61. The average Bonchev–Trinajstić information content (AvgIpc) is 2.81. The standard InChI is InChI=1S/C22H8F11NO2/c23-14-13(15(24)17(26)18(27)16(14)25)20(35)36-34-19(9-1-5-11(6-2-9)21(28,29)30)10-3-7-12(8-4-10)22(31,32)33/h1-8H. The molecule has 0 saturated heterocycles. The first kappa shape index (κ1) is 26.6. The van der Waals surface area contributed by atoms with E-state index in [0.29, 0.717) is 24.3 Å². The molecule has 0 N–H and O–H groups in total. The van der Waals surface area contributed by atoms with Crippen molar-refractivity contribution in [1.82, 2.24) is 0 Å². The van der Waals surface area contributed by atoms with Gasteiger partial charge in [-0.15, -0.1) is 0 Å². The molecule has 0 atom stereocenters. The van der Waals surface area contributed by atoms with E-state index < -0.39 is 69.8 Å². The molecule has 0 bridgehead atoms. The molecule has 0 heterocycles. The van der Waals surface area contributed by atoms with Crippen LogP contribution in [-0.2, 0) is 17.2 Å². The average molecular weight is 527 g/mol. The zero-order valence-corrected chi connectivity index (χ0v) is 17.0. The number of hydrogen-bond donors (Lipinski definition) is 0. The van der Waals surface area contributed by atoms with E-state index in [0.717, 1.165) is 24.3 Å². The molecule has 3 rings (SSSR count). The monoisotopic (exact) mass is 527 g/mol. The SMILES string of the molecule is O=C(ON=C(c1ccc(C(F)(F)F)cc1)c1ccc(C(F)(F)F)cc1)c1c(F)c(F)c(F)c(F)c1F. The normalized spacial score (nSPS) is 11.9. The number of carbonyl (C=O) groups excluding carboxylic acids is 1. The van der Waals surface area contributed by atoms with Crippen molar-refractivity contribution in [1.29, 1.82) is 0 Å². The molecule has 0 aliphatic heterocycles. The van der Waals surface area contributed by atoms with Crippen LogP contribution in [0, 0.1) is 29.1 Å². The second kappa shape index (κ2) is 9.59. The van der Waals surface area contributed by atoms with E-state index in [4.69, 9.17) is 0 Å². The number of oxime groups is 1. The van der Waals surface area contributed by atoms with Crippen molar-refractivity contribution in [2.45, 2.75) is 12.4 Å². The van der Waals surface area contributed by atoms with E-state index >= 15 is 0 Å². The third-order valence-corrected chi connectivity index (χ3v) is 4.61. The van der Waals surface area contributed by atoms with Crippen molar-refractivity contribution in [3.8, 4) is 0 Å². The molecule has 3 aromatic carbocycles. The van der Waals surface area contributed by atoms with Crippen LogP contribution in [0.2, 0.25) is 0 Å². The zero-order chi connectivity index (χ0) is 27.0. The Morgan fingerprint density at radius 1 is 0.583 bits per heavy atom. The number of alkyl halides is 6. The van der Waals surface area contributed by atoms with E-state index in [1.54, 1.807) is 0 Å². The van der Waals surface area contributed by atoms with Crippen LogP contribution in [0.3, 0.4) is 0 Å². The highest BCUT2D eigenvalue weighted by Crippen LogP contribution is 2.31. The van der Waals surface area contributed by atoms with Crippen molar-refractivity contribution >= 4 is 11.7 Å². The highest BCUT2D eigenvalue weighted by molar-refractivity contribution is 6.13.